The second kappa shape index (κ2) is 11.9. The highest BCUT2D eigenvalue weighted by atomic mass is 32.1. The number of nitriles is 1. The van der Waals surface area contributed by atoms with Gasteiger partial charge >= 0.3 is 0 Å². The summed E-state index contributed by atoms with van der Waals surface area (Å²) in [6.45, 7) is 9.80. The first-order chi connectivity index (χ1) is 19.7. The predicted molar refractivity (Wildman–Crippen MR) is 160 cm³/mol. The van der Waals surface area contributed by atoms with Crippen molar-refractivity contribution in [2.75, 3.05) is 64.1 Å². The van der Waals surface area contributed by atoms with Crippen molar-refractivity contribution in [1.29, 1.82) is 5.26 Å². The average molecular weight is 576 g/mol. The highest BCUT2D eigenvalue weighted by Gasteiger charge is 2.43. The van der Waals surface area contributed by atoms with Crippen LogP contribution in [-0.4, -0.2) is 79.3 Å². The number of carbonyl (C=O) groups excluding carboxylic acids is 1. The van der Waals surface area contributed by atoms with E-state index in [-0.39, 0.29) is 5.91 Å². The van der Waals surface area contributed by atoms with Crippen LogP contribution in [0.25, 0.3) is 11.4 Å². The highest BCUT2D eigenvalue weighted by molar-refractivity contribution is 7.16. The molecule has 11 heteroatoms. The zero-order chi connectivity index (χ0) is 29.1. The normalized spacial score (nSPS) is 18.7. The molecule has 0 radical (unpaired) electrons. The first kappa shape index (κ1) is 28.6. The minimum Gasteiger partial charge on any atom is -0.493 e. The van der Waals surface area contributed by atoms with Crippen molar-refractivity contribution in [3.05, 3.63) is 52.7 Å². The van der Waals surface area contributed by atoms with Gasteiger partial charge in [-0.3, -0.25) is 4.79 Å². The molecule has 1 aliphatic carbocycles. The zero-order valence-electron chi connectivity index (χ0n) is 24.0. The summed E-state index contributed by atoms with van der Waals surface area (Å²) in [7, 11) is 4.09. The van der Waals surface area contributed by atoms with E-state index < -0.39 is 5.41 Å². The molecule has 10 nitrogen and oxygen atoms in total. The number of aryl methyl sites for hydroxylation is 1. The lowest BCUT2D eigenvalue weighted by Crippen LogP contribution is -2.48. The van der Waals surface area contributed by atoms with Gasteiger partial charge in [-0.1, -0.05) is 11.7 Å². The molecule has 2 N–H and O–H groups in total. The van der Waals surface area contributed by atoms with Crippen LogP contribution < -0.4 is 15.4 Å². The van der Waals surface area contributed by atoms with E-state index in [1.165, 1.54) is 17.4 Å². The lowest BCUT2D eigenvalue weighted by atomic mass is 9.72. The van der Waals surface area contributed by atoms with Gasteiger partial charge in [0.2, 0.25) is 17.6 Å². The van der Waals surface area contributed by atoms with Gasteiger partial charge in [0.15, 0.2) is 0 Å². The van der Waals surface area contributed by atoms with Crippen LogP contribution in [0.4, 0.5) is 10.7 Å². The maximum Gasteiger partial charge on any atom is 0.246 e. The molecule has 1 saturated heterocycles. The van der Waals surface area contributed by atoms with E-state index in [2.05, 4.69) is 34.5 Å². The van der Waals surface area contributed by atoms with Gasteiger partial charge in [-0.25, -0.2) is 0 Å². The Bertz CT molecular complexity index is 1470. The number of nitrogens with two attached hydrogens (primary N) is 1. The van der Waals surface area contributed by atoms with E-state index in [0.717, 1.165) is 59.7 Å². The number of amides is 1. The number of piperazine rings is 1. The Labute approximate surface area is 245 Å². The quantitative estimate of drug-likeness (QED) is 0.297. The maximum absolute atomic E-state index is 12.1. The SMILES string of the molecule is C=CC(=O)N1CCN(c2cc(OCCCN(C)C)cc(-c3noc(C4(C)CCCc5sc(N)c(C#N)c54)n3)c2)CC1. The van der Waals surface area contributed by atoms with Crippen molar-refractivity contribution in [3.8, 4) is 23.2 Å². The van der Waals surface area contributed by atoms with Gasteiger partial charge in [0.05, 0.1) is 17.6 Å². The lowest BCUT2D eigenvalue weighted by Gasteiger charge is -2.36. The third kappa shape index (κ3) is 5.80. The number of fused-ring (bicyclic) bond motifs is 1. The molecular weight excluding hydrogens is 538 g/mol. The van der Waals surface area contributed by atoms with Crippen LogP contribution in [0.5, 0.6) is 5.75 Å². The Morgan fingerprint density at radius 1 is 1.32 bits per heavy atom. The second-order valence-electron chi connectivity index (χ2n) is 11.1. The zero-order valence-corrected chi connectivity index (χ0v) is 24.8. The minimum absolute atomic E-state index is 0.0473. The lowest BCUT2D eigenvalue weighted by molar-refractivity contribution is -0.126. The highest BCUT2D eigenvalue weighted by Crippen LogP contribution is 2.48. The van der Waals surface area contributed by atoms with E-state index in [1.807, 2.05) is 37.2 Å². The van der Waals surface area contributed by atoms with Gasteiger partial charge in [0.1, 0.15) is 16.8 Å². The molecule has 5 rings (SSSR count). The van der Waals surface area contributed by atoms with E-state index in [1.54, 1.807) is 0 Å². The number of thiophene rings is 1. The summed E-state index contributed by atoms with van der Waals surface area (Å²) in [5.41, 5.74) is 8.84. The van der Waals surface area contributed by atoms with Crippen molar-refractivity contribution in [1.82, 2.24) is 19.9 Å². The van der Waals surface area contributed by atoms with E-state index >= 15 is 0 Å². The van der Waals surface area contributed by atoms with E-state index in [9.17, 15) is 10.1 Å². The van der Waals surface area contributed by atoms with Crippen molar-refractivity contribution in [3.63, 3.8) is 0 Å². The summed E-state index contributed by atoms with van der Waals surface area (Å²) in [4.78, 5) is 24.3. The van der Waals surface area contributed by atoms with Crippen LogP contribution in [-0.2, 0) is 16.6 Å². The Balaban J connectivity index is 1.45. The molecule has 0 saturated carbocycles. The number of hydrogen-bond donors (Lipinski definition) is 1. The summed E-state index contributed by atoms with van der Waals surface area (Å²) in [5, 5.41) is 14.8. The average Bonchev–Trinajstić information content (AvgIpc) is 3.60. The maximum atomic E-state index is 12.1. The fourth-order valence-electron chi connectivity index (χ4n) is 5.74. The smallest absolute Gasteiger partial charge is 0.246 e. The largest absolute Gasteiger partial charge is 0.493 e. The molecule has 3 heterocycles. The van der Waals surface area contributed by atoms with Crippen molar-refractivity contribution in [2.45, 2.75) is 38.0 Å². The second-order valence-corrected chi connectivity index (χ2v) is 12.2. The fraction of sp³-hybridized carbons (Fsp3) is 0.467. The number of nitrogen functional groups attached to an aromatic ring is 1. The molecular formula is C30H37N7O3S. The standard InChI is InChI=1S/C30H37N7O3S/c1-5-25(38)37-13-11-36(12-14-37)21-16-20(17-22(18-21)39-15-7-10-35(3)4)28-33-29(40-34-28)30(2)9-6-8-24-26(30)23(19-31)27(32)41-24/h5,16-18H,1,6-15,32H2,2-4H3. The van der Waals surface area contributed by atoms with Crippen molar-refractivity contribution >= 4 is 27.9 Å². The Hall–Kier alpha value is -3.88. The molecule has 1 amide bonds. The molecule has 2 aromatic heterocycles. The van der Waals surface area contributed by atoms with E-state index in [4.69, 9.17) is 20.0 Å². The number of benzene rings is 1. The molecule has 41 heavy (non-hydrogen) atoms. The first-order valence-corrected chi connectivity index (χ1v) is 14.8. The molecule has 216 valence electrons. The van der Waals surface area contributed by atoms with Crippen LogP contribution in [0.1, 0.15) is 48.1 Å². The topological polar surface area (TPSA) is 125 Å². The summed E-state index contributed by atoms with van der Waals surface area (Å²) in [5.74, 6) is 1.64. The Kier molecular flexibility index (Phi) is 8.33. The van der Waals surface area contributed by atoms with Gasteiger partial charge in [0.25, 0.3) is 0 Å². The Morgan fingerprint density at radius 2 is 2.10 bits per heavy atom. The molecule has 1 unspecified atom stereocenters. The fourth-order valence-corrected chi connectivity index (χ4v) is 6.93. The molecule has 1 atom stereocenters. The summed E-state index contributed by atoms with van der Waals surface area (Å²) < 4.78 is 12.1. The van der Waals surface area contributed by atoms with Gasteiger partial charge in [-0.05, 0) is 64.9 Å². The number of anilines is 2. The number of hydrogen-bond acceptors (Lipinski definition) is 10. The van der Waals surface area contributed by atoms with Crippen LogP contribution in [0, 0.1) is 11.3 Å². The van der Waals surface area contributed by atoms with Gasteiger partial charge in [0, 0.05) is 60.5 Å². The van der Waals surface area contributed by atoms with Crippen LogP contribution in [0.3, 0.4) is 0 Å². The number of rotatable bonds is 9. The van der Waals surface area contributed by atoms with Crippen LogP contribution in [0.15, 0.2) is 35.4 Å². The first-order valence-electron chi connectivity index (χ1n) is 14.0. The number of carbonyl (C=O) groups is 1. The molecule has 3 aromatic rings. The number of nitrogens with zero attached hydrogens (tertiary/aromatic N) is 6. The van der Waals surface area contributed by atoms with E-state index in [0.29, 0.717) is 55.1 Å². The number of aromatic nitrogens is 2. The van der Waals surface area contributed by atoms with Crippen molar-refractivity contribution < 1.29 is 14.1 Å². The molecule has 0 spiro atoms. The Morgan fingerprint density at radius 3 is 2.80 bits per heavy atom. The predicted octanol–water partition coefficient (Wildman–Crippen LogP) is 4.06. The molecule has 0 bridgehead atoms. The van der Waals surface area contributed by atoms with Crippen LogP contribution >= 0.6 is 11.3 Å². The van der Waals surface area contributed by atoms with Gasteiger partial charge < -0.3 is 29.7 Å². The minimum atomic E-state index is -0.588. The molecule has 1 fully saturated rings. The van der Waals surface area contributed by atoms with Gasteiger partial charge in [-0.15, -0.1) is 11.3 Å². The molecule has 2 aliphatic rings. The van der Waals surface area contributed by atoms with Gasteiger partial charge in [-0.2, -0.15) is 10.2 Å². The summed E-state index contributed by atoms with van der Waals surface area (Å²) >= 11 is 1.49. The van der Waals surface area contributed by atoms with Crippen molar-refractivity contribution in [2.24, 2.45) is 0 Å². The summed E-state index contributed by atoms with van der Waals surface area (Å²) in [6.07, 6.45) is 4.90. The number of ether oxygens (including phenoxy) is 1. The third-order valence-electron chi connectivity index (χ3n) is 7.95. The molecule has 1 aromatic carbocycles. The monoisotopic (exact) mass is 575 g/mol. The third-order valence-corrected chi connectivity index (χ3v) is 9.03. The molecule has 1 aliphatic heterocycles. The van der Waals surface area contributed by atoms with Crippen LogP contribution in [0.2, 0.25) is 0 Å². The summed E-state index contributed by atoms with van der Waals surface area (Å²) in [6, 6.07) is 8.33.